The molecule has 0 heterocycles. The van der Waals surface area contributed by atoms with Crippen LogP contribution in [0.4, 0.5) is 0 Å². The van der Waals surface area contributed by atoms with Crippen LogP contribution in [0.5, 0.6) is 0 Å². The molecule has 0 atom stereocenters. The van der Waals surface area contributed by atoms with E-state index in [-0.39, 0.29) is 6.54 Å². The molecule has 0 unspecified atom stereocenters. The fraction of sp³-hybridized carbons (Fsp3) is 0.143. The molecule has 0 aliphatic rings. The summed E-state index contributed by atoms with van der Waals surface area (Å²) in [7, 11) is 0. The number of hydrogen-bond donors (Lipinski definition) is 0. The Hall–Kier alpha value is -0.410. The Balaban J connectivity index is 2.98. The summed E-state index contributed by atoms with van der Waals surface area (Å²) in [6.45, 7) is 0.131. The lowest BCUT2D eigenvalue weighted by atomic mass is 10.2. The second-order valence-corrected chi connectivity index (χ2v) is 3.35. The van der Waals surface area contributed by atoms with E-state index in [1.807, 2.05) is 6.07 Å². The highest BCUT2D eigenvalue weighted by molar-refractivity contribution is 9.10. The molecule has 4 heteroatoms. The zero-order valence-electron chi connectivity index (χ0n) is 5.55. The van der Waals surface area contributed by atoms with Gasteiger partial charge in [-0.2, -0.15) is 4.91 Å². The van der Waals surface area contributed by atoms with E-state index in [0.717, 1.165) is 10.0 Å². The summed E-state index contributed by atoms with van der Waals surface area (Å²) in [6.07, 6.45) is 0. The van der Waals surface area contributed by atoms with E-state index in [2.05, 4.69) is 21.1 Å². The van der Waals surface area contributed by atoms with E-state index in [4.69, 9.17) is 11.6 Å². The highest BCUT2D eigenvalue weighted by Gasteiger charge is 1.99. The maximum atomic E-state index is 9.89. The molecular weight excluding hydrogens is 229 g/mol. The van der Waals surface area contributed by atoms with E-state index < -0.39 is 0 Å². The molecule has 2 nitrogen and oxygen atoms in total. The van der Waals surface area contributed by atoms with Crippen LogP contribution in [-0.4, -0.2) is 0 Å². The van der Waals surface area contributed by atoms with Gasteiger partial charge in [-0.05, 0) is 17.7 Å². The van der Waals surface area contributed by atoms with Crippen molar-refractivity contribution in [2.24, 2.45) is 5.18 Å². The van der Waals surface area contributed by atoms with Crippen molar-refractivity contribution in [3.05, 3.63) is 38.2 Å². The van der Waals surface area contributed by atoms with E-state index in [9.17, 15) is 4.91 Å². The molecule has 1 rings (SSSR count). The van der Waals surface area contributed by atoms with Gasteiger partial charge >= 0.3 is 0 Å². The van der Waals surface area contributed by atoms with Gasteiger partial charge in [-0.25, -0.2) is 0 Å². The minimum Gasteiger partial charge on any atom is -0.150 e. The summed E-state index contributed by atoms with van der Waals surface area (Å²) >= 11 is 9.03. The maximum absolute atomic E-state index is 9.89. The number of nitrogens with zero attached hydrogens (tertiary/aromatic N) is 1. The lowest BCUT2D eigenvalue weighted by Gasteiger charge is -1.97. The number of rotatable bonds is 2. The molecule has 0 aromatic heterocycles. The topological polar surface area (TPSA) is 29.4 Å². The molecule has 58 valence electrons. The quantitative estimate of drug-likeness (QED) is 0.722. The molecule has 0 saturated carbocycles. The summed E-state index contributed by atoms with van der Waals surface area (Å²) in [5.74, 6) is 0. The molecule has 0 bridgehead atoms. The first-order chi connectivity index (χ1) is 5.24. The van der Waals surface area contributed by atoms with Crippen LogP contribution >= 0.6 is 27.5 Å². The van der Waals surface area contributed by atoms with Gasteiger partial charge in [0, 0.05) is 9.50 Å². The second kappa shape index (κ2) is 3.83. The van der Waals surface area contributed by atoms with Crippen molar-refractivity contribution in [2.75, 3.05) is 0 Å². The SMILES string of the molecule is O=NCc1ccc(Br)cc1Cl. The molecule has 1 aromatic carbocycles. The van der Waals surface area contributed by atoms with Crippen molar-refractivity contribution in [2.45, 2.75) is 6.54 Å². The molecule has 0 aliphatic carbocycles. The summed E-state index contributed by atoms with van der Waals surface area (Å²) in [6, 6.07) is 5.34. The van der Waals surface area contributed by atoms with Gasteiger partial charge < -0.3 is 0 Å². The Labute approximate surface area is 77.7 Å². The molecule has 0 spiro atoms. The summed E-state index contributed by atoms with van der Waals surface area (Å²) < 4.78 is 0.900. The predicted octanol–water partition coefficient (Wildman–Crippen LogP) is 3.37. The van der Waals surface area contributed by atoms with Gasteiger partial charge in [0.25, 0.3) is 0 Å². The first-order valence-corrected chi connectivity index (χ1v) is 4.14. The van der Waals surface area contributed by atoms with Gasteiger partial charge in [0.05, 0.1) is 0 Å². The predicted molar refractivity (Wildman–Crippen MR) is 48.7 cm³/mol. The number of halogens is 2. The van der Waals surface area contributed by atoms with Crippen molar-refractivity contribution in [1.29, 1.82) is 0 Å². The van der Waals surface area contributed by atoms with Gasteiger partial charge in [-0.1, -0.05) is 38.8 Å². The Morgan fingerprint density at radius 1 is 1.55 bits per heavy atom. The van der Waals surface area contributed by atoms with Crippen LogP contribution in [0.3, 0.4) is 0 Å². The Morgan fingerprint density at radius 2 is 2.27 bits per heavy atom. The zero-order chi connectivity index (χ0) is 8.27. The maximum Gasteiger partial charge on any atom is 0.108 e. The Bertz CT molecular complexity index is 277. The highest BCUT2D eigenvalue weighted by atomic mass is 79.9. The smallest absolute Gasteiger partial charge is 0.108 e. The van der Waals surface area contributed by atoms with Crippen LogP contribution in [0.1, 0.15) is 5.56 Å². The van der Waals surface area contributed by atoms with Crippen LogP contribution in [0.25, 0.3) is 0 Å². The summed E-state index contributed by atoms with van der Waals surface area (Å²) in [5, 5.41) is 3.32. The van der Waals surface area contributed by atoms with Crippen LogP contribution in [0.2, 0.25) is 5.02 Å². The molecular formula is C7H5BrClNO. The fourth-order valence-electron chi connectivity index (χ4n) is 0.719. The fourth-order valence-corrected chi connectivity index (χ4v) is 1.45. The minimum absolute atomic E-state index is 0.131. The Morgan fingerprint density at radius 3 is 2.82 bits per heavy atom. The molecule has 0 amide bonds. The molecule has 0 N–H and O–H groups in total. The van der Waals surface area contributed by atoms with Crippen molar-refractivity contribution in [3.8, 4) is 0 Å². The summed E-state index contributed by atoms with van der Waals surface area (Å²) in [4.78, 5) is 9.89. The van der Waals surface area contributed by atoms with E-state index in [1.54, 1.807) is 12.1 Å². The molecule has 0 radical (unpaired) electrons. The van der Waals surface area contributed by atoms with Crippen LogP contribution < -0.4 is 0 Å². The standard InChI is InChI=1S/C7H5BrClNO/c8-6-2-1-5(4-10-11)7(9)3-6/h1-3H,4H2. The van der Waals surface area contributed by atoms with E-state index in [1.165, 1.54) is 0 Å². The number of hydrogen-bond acceptors (Lipinski definition) is 2. The molecule has 0 saturated heterocycles. The highest BCUT2D eigenvalue weighted by Crippen LogP contribution is 2.21. The van der Waals surface area contributed by atoms with Crippen molar-refractivity contribution >= 4 is 27.5 Å². The lowest BCUT2D eigenvalue weighted by molar-refractivity contribution is 1.05. The van der Waals surface area contributed by atoms with Crippen LogP contribution in [0, 0.1) is 4.91 Å². The third-order valence-corrected chi connectivity index (χ3v) is 2.10. The largest absolute Gasteiger partial charge is 0.150 e. The second-order valence-electron chi connectivity index (χ2n) is 2.02. The van der Waals surface area contributed by atoms with Crippen LogP contribution in [0.15, 0.2) is 27.8 Å². The van der Waals surface area contributed by atoms with Gasteiger partial charge in [0.1, 0.15) is 6.54 Å². The van der Waals surface area contributed by atoms with E-state index in [0.29, 0.717) is 5.02 Å². The molecule has 1 aromatic rings. The molecule has 0 aliphatic heterocycles. The summed E-state index contributed by atoms with van der Waals surface area (Å²) in [5.41, 5.74) is 0.755. The van der Waals surface area contributed by atoms with Gasteiger partial charge in [-0.15, -0.1) is 0 Å². The number of nitroso groups, excluding NO2 is 1. The third kappa shape index (κ3) is 2.27. The Kier molecular flexibility index (Phi) is 3.02. The first-order valence-electron chi connectivity index (χ1n) is 2.97. The monoisotopic (exact) mass is 233 g/mol. The van der Waals surface area contributed by atoms with Gasteiger partial charge in [-0.3, -0.25) is 0 Å². The molecule has 11 heavy (non-hydrogen) atoms. The van der Waals surface area contributed by atoms with Crippen molar-refractivity contribution in [3.63, 3.8) is 0 Å². The van der Waals surface area contributed by atoms with Crippen molar-refractivity contribution < 1.29 is 0 Å². The van der Waals surface area contributed by atoms with Gasteiger partial charge in [0.15, 0.2) is 0 Å². The normalized spacial score (nSPS) is 9.64. The minimum atomic E-state index is 0.131. The van der Waals surface area contributed by atoms with Gasteiger partial charge in [0.2, 0.25) is 0 Å². The van der Waals surface area contributed by atoms with E-state index >= 15 is 0 Å². The molecule has 0 fully saturated rings. The average Bonchev–Trinajstić information content (AvgIpc) is 1.95. The lowest BCUT2D eigenvalue weighted by Crippen LogP contribution is -1.81. The van der Waals surface area contributed by atoms with Crippen molar-refractivity contribution in [1.82, 2.24) is 0 Å². The zero-order valence-corrected chi connectivity index (χ0v) is 7.89. The van der Waals surface area contributed by atoms with Crippen LogP contribution in [-0.2, 0) is 6.54 Å². The first kappa shape index (κ1) is 8.68. The third-order valence-electron chi connectivity index (χ3n) is 1.25. The number of benzene rings is 1. The average molecular weight is 234 g/mol.